The van der Waals surface area contributed by atoms with Crippen molar-refractivity contribution >= 4 is 10.9 Å². The number of para-hydroxylation sites is 1. The van der Waals surface area contributed by atoms with Crippen LogP contribution in [0.4, 0.5) is 13.2 Å². The van der Waals surface area contributed by atoms with Crippen LogP contribution >= 0.6 is 0 Å². The van der Waals surface area contributed by atoms with Gasteiger partial charge in [-0.05, 0) is 19.1 Å². The number of aliphatic hydroxyl groups excluding tert-OH is 1. The lowest BCUT2D eigenvalue weighted by Gasteiger charge is -2.17. The summed E-state index contributed by atoms with van der Waals surface area (Å²) in [7, 11) is 0. The van der Waals surface area contributed by atoms with E-state index in [1.54, 1.807) is 25.1 Å². The number of aryl methyl sites for hydroxylation is 1. The number of benzene rings is 1. The number of hydrogen-bond acceptors (Lipinski definition) is 2. The third-order valence-electron chi connectivity index (χ3n) is 2.48. The molecule has 0 saturated carbocycles. The Morgan fingerprint density at radius 3 is 2.53 bits per heavy atom. The van der Waals surface area contributed by atoms with Crippen molar-refractivity contribution < 1.29 is 18.3 Å². The van der Waals surface area contributed by atoms with E-state index in [1.165, 1.54) is 12.1 Å². The Kier molecular flexibility index (Phi) is 2.79. The topological polar surface area (TPSA) is 33.1 Å². The minimum Gasteiger partial charge on any atom is -0.379 e. The summed E-state index contributed by atoms with van der Waals surface area (Å²) in [5, 5.41) is 9.65. The standard InChI is InChI=1S/C12H10F3NO/c1-7-6-9(11(17)12(13,14)15)8-4-2-3-5-10(8)16-7/h2-6,11,17H,1H3/t11-/m1/s1. The maximum atomic E-state index is 12.5. The van der Waals surface area contributed by atoms with Gasteiger partial charge in [0.05, 0.1) is 5.52 Å². The first-order valence-electron chi connectivity index (χ1n) is 5.00. The SMILES string of the molecule is Cc1cc([C@@H](O)C(F)(F)F)c2ccccc2n1. The summed E-state index contributed by atoms with van der Waals surface area (Å²) in [6, 6.07) is 7.71. The molecule has 0 amide bonds. The third-order valence-corrected chi connectivity index (χ3v) is 2.48. The van der Waals surface area contributed by atoms with Gasteiger partial charge in [0.25, 0.3) is 0 Å². The number of pyridine rings is 1. The Morgan fingerprint density at radius 2 is 1.88 bits per heavy atom. The van der Waals surface area contributed by atoms with E-state index in [9.17, 15) is 18.3 Å². The first-order chi connectivity index (χ1) is 7.89. The van der Waals surface area contributed by atoms with Gasteiger partial charge in [-0.1, -0.05) is 18.2 Å². The van der Waals surface area contributed by atoms with Crippen molar-refractivity contribution in [3.63, 3.8) is 0 Å². The molecule has 1 aromatic heterocycles. The minimum atomic E-state index is -4.67. The zero-order chi connectivity index (χ0) is 12.6. The van der Waals surface area contributed by atoms with Crippen molar-refractivity contribution in [2.45, 2.75) is 19.2 Å². The van der Waals surface area contributed by atoms with Crippen molar-refractivity contribution in [2.24, 2.45) is 0 Å². The third kappa shape index (κ3) is 2.24. The Morgan fingerprint density at radius 1 is 1.24 bits per heavy atom. The van der Waals surface area contributed by atoms with E-state index in [4.69, 9.17) is 0 Å². The van der Waals surface area contributed by atoms with Crippen molar-refractivity contribution in [2.75, 3.05) is 0 Å². The van der Waals surface area contributed by atoms with Gasteiger partial charge < -0.3 is 5.11 Å². The van der Waals surface area contributed by atoms with E-state index >= 15 is 0 Å². The molecule has 0 aliphatic heterocycles. The fraction of sp³-hybridized carbons (Fsp3) is 0.250. The molecule has 0 fully saturated rings. The van der Waals surface area contributed by atoms with Gasteiger partial charge in [0, 0.05) is 16.6 Å². The van der Waals surface area contributed by atoms with Crippen LogP contribution in [-0.4, -0.2) is 16.3 Å². The molecule has 1 atom stereocenters. The molecule has 2 nitrogen and oxygen atoms in total. The summed E-state index contributed by atoms with van der Waals surface area (Å²) in [5.74, 6) is 0. The molecule has 0 saturated heterocycles. The summed E-state index contributed by atoms with van der Waals surface area (Å²) in [5.41, 5.74) is 0.744. The van der Waals surface area contributed by atoms with Crippen molar-refractivity contribution in [1.82, 2.24) is 4.98 Å². The molecule has 90 valence electrons. The number of halogens is 3. The normalized spacial score (nSPS) is 13.9. The molecule has 0 radical (unpaired) electrons. The second-order valence-corrected chi connectivity index (χ2v) is 3.81. The lowest BCUT2D eigenvalue weighted by Crippen LogP contribution is -2.20. The molecule has 2 aromatic rings. The highest BCUT2D eigenvalue weighted by Crippen LogP contribution is 2.35. The van der Waals surface area contributed by atoms with Crippen molar-refractivity contribution in [1.29, 1.82) is 0 Å². The zero-order valence-corrected chi connectivity index (χ0v) is 8.99. The fourth-order valence-corrected chi connectivity index (χ4v) is 1.74. The van der Waals surface area contributed by atoms with Gasteiger partial charge in [-0.25, -0.2) is 0 Å². The predicted octanol–water partition coefficient (Wildman–Crippen LogP) is 3.14. The molecule has 17 heavy (non-hydrogen) atoms. The molecule has 1 aromatic carbocycles. The molecule has 0 aliphatic rings. The molecule has 0 aliphatic carbocycles. The second-order valence-electron chi connectivity index (χ2n) is 3.81. The van der Waals surface area contributed by atoms with Crippen molar-refractivity contribution in [3.05, 3.63) is 41.6 Å². The van der Waals surface area contributed by atoms with Crippen LogP contribution in [0.25, 0.3) is 10.9 Å². The highest BCUT2D eigenvalue weighted by atomic mass is 19.4. The predicted molar refractivity (Wildman–Crippen MR) is 57.5 cm³/mol. The van der Waals surface area contributed by atoms with Crippen LogP contribution < -0.4 is 0 Å². The first kappa shape index (κ1) is 11.9. The Hall–Kier alpha value is -1.62. The Labute approximate surface area is 95.7 Å². The van der Waals surface area contributed by atoms with Crippen LogP contribution in [0.1, 0.15) is 17.4 Å². The van der Waals surface area contributed by atoms with Crippen LogP contribution in [0.15, 0.2) is 30.3 Å². The average Bonchev–Trinajstić information content (AvgIpc) is 2.25. The van der Waals surface area contributed by atoms with Gasteiger partial charge >= 0.3 is 6.18 Å². The number of hydrogen-bond donors (Lipinski definition) is 1. The quantitative estimate of drug-likeness (QED) is 0.832. The number of rotatable bonds is 1. The molecular weight excluding hydrogens is 231 g/mol. The Bertz CT molecular complexity index is 551. The van der Waals surface area contributed by atoms with Crippen LogP contribution in [-0.2, 0) is 0 Å². The van der Waals surface area contributed by atoms with Gasteiger partial charge in [0.2, 0.25) is 0 Å². The van der Waals surface area contributed by atoms with E-state index in [2.05, 4.69) is 4.98 Å². The maximum Gasteiger partial charge on any atom is 0.418 e. The molecule has 1 N–H and O–H groups in total. The smallest absolute Gasteiger partial charge is 0.379 e. The van der Waals surface area contributed by atoms with E-state index in [1.807, 2.05) is 0 Å². The summed E-state index contributed by atoms with van der Waals surface area (Å²) in [4.78, 5) is 4.12. The summed E-state index contributed by atoms with van der Waals surface area (Å²) >= 11 is 0. The second kappa shape index (κ2) is 4.00. The zero-order valence-electron chi connectivity index (χ0n) is 8.99. The van der Waals surface area contributed by atoms with Crippen LogP contribution in [0.2, 0.25) is 0 Å². The summed E-state index contributed by atoms with van der Waals surface area (Å²) in [6.07, 6.45) is -7.15. The molecule has 1 heterocycles. The number of fused-ring (bicyclic) bond motifs is 1. The van der Waals surface area contributed by atoms with Crippen LogP contribution in [0.5, 0.6) is 0 Å². The average molecular weight is 241 g/mol. The van der Waals surface area contributed by atoms with Gasteiger partial charge in [0.1, 0.15) is 0 Å². The highest BCUT2D eigenvalue weighted by Gasteiger charge is 2.40. The molecule has 0 spiro atoms. The summed E-state index contributed by atoms with van der Waals surface area (Å²) in [6.45, 7) is 1.60. The lowest BCUT2D eigenvalue weighted by molar-refractivity contribution is -0.206. The largest absolute Gasteiger partial charge is 0.418 e. The maximum absolute atomic E-state index is 12.5. The van der Waals surface area contributed by atoms with Crippen molar-refractivity contribution in [3.8, 4) is 0 Å². The van der Waals surface area contributed by atoms with Crippen LogP contribution in [0, 0.1) is 6.92 Å². The molecular formula is C12H10F3NO. The molecule has 0 bridgehead atoms. The highest BCUT2D eigenvalue weighted by molar-refractivity contribution is 5.82. The van der Waals surface area contributed by atoms with Crippen LogP contribution in [0.3, 0.4) is 0 Å². The molecule has 0 unspecified atom stereocenters. The number of aliphatic hydroxyl groups is 1. The molecule has 5 heteroatoms. The van der Waals surface area contributed by atoms with Gasteiger partial charge in [0.15, 0.2) is 6.10 Å². The number of nitrogens with zero attached hydrogens (tertiary/aromatic N) is 1. The van der Waals surface area contributed by atoms with E-state index in [0.29, 0.717) is 16.6 Å². The van der Waals surface area contributed by atoms with E-state index < -0.39 is 12.3 Å². The summed E-state index contributed by atoms with van der Waals surface area (Å²) < 4.78 is 37.6. The van der Waals surface area contributed by atoms with E-state index in [0.717, 1.165) is 0 Å². The minimum absolute atomic E-state index is 0.152. The first-order valence-corrected chi connectivity index (χ1v) is 5.00. The lowest BCUT2D eigenvalue weighted by atomic mass is 10.0. The number of alkyl halides is 3. The monoisotopic (exact) mass is 241 g/mol. The van der Waals surface area contributed by atoms with Gasteiger partial charge in [-0.3, -0.25) is 4.98 Å². The Balaban J connectivity index is 2.68. The fourth-order valence-electron chi connectivity index (χ4n) is 1.74. The number of aromatic nitrogens is 1. The van der Waals surface area contributed by atoms with Gasteiger partial charge in [-0.2, -0.15) is 13.2 Å². The van der Waals surface area contributed by atoms with Gasteiger partial charge in [-0.15, -0.1) is 0 Å². The van der Waals surface area contributed by atoms with E-state index in [-0.39, 0.29) is 5.56 Å². The molecule has 2 rings (SSSR count).